The van der Waals surface area contributed by atoms with E-state index in [0.29, 0.717) is 30.0 Å². The Morgan fingerprint density at radius 1 is 0.795 bits per heavy atom. The van der Waals surface area contributed by atoms with Crippen molar-refractivity contribution < 1.29 is 19.0 Å². The van der Waals surface area contributed by atoms with Crippen LogP contribution in [0.4, 0.5) is 5.69 Å². The van der Waals surface area contributed by atoms with E-state index in [9.17, 15) is 4.79 Å². The molecule has 0 radical (unpaired) electrons. The van der Waals surface area contributed by atoms with Gasteiger partial charge in [0, 0.05) is 19.3 Å². The number of carbonyl (C=O) groups is 1. The van der Waals surface area contributed by atoms with Crippen molar-refractivity contribution in [1.29, 1.82) is 0 Å². The summed E-state index contributed by atoms with van der Waals surface area (Å²) in [5.41, 5.74) is 4.12. The molecule has 0 atom stereocenters. The standard InChI is InChI=1S/C33H36N2O4/c1-5-31(27-11-10-24-8-6-7-9-26(24)22-27)32(25-12-16-30(17-13-25)39-23-37-4)33(36)34-28-14-18-29(19-15-28)38-21-20-35(2)3/h6-19,22H,5,20-21,23H2,1-4H3,(H,34,36)/b32-31-. The lowest BCUT2D eigenvalue weighted by Gasteiger charge is -2.17. The van der Waals surface area contributed by atoms with E-state index in [2.05, 4.69) is 47.5 Å². The minimum atomic E-state index is -0.174. The topological polar surface area (TPSA) is 60.0 Å². The number of likely N-dealkylation sites (N-methyl/N-ethyl adjacent to an activating group) is 1. The molecule has 0 fully saturated rings. The van der Waals surface area contributed by atoms with Crippen LogP contribution in [0, 0.1) is 0 Å². The van der Waals surface area contributed by atoms with E-state index >= 15 is 0 Å². The third-order valence-corrected chi connectivity index (χ3v) is 6.39. The van der Waals surface area contributed by atoms with Crippen LogP contribution in [0.5, 0.6) is 11.5 Å². The molecule has 4 rings (SSSR count). The first-order valence-corrected chi connectivity index (χ1v) is 13.1. The lowest BCUT2D eigenvalue weighted by Crippen LogP contribution is -2.19. The Morgan fingerprint density at radius 2 is 1.44 bits per heavy atom. The average molecular weight is 525 g/mol. The summed E-state index contributed by atoms with van der Waals surface area (Å²) in [6.07, 6.45) is 0.682. The van der Waals surface area contributed by atoms with Crippen LogP contribution < -0.4 is 14.8 Å². The summed E-state index contributed by atoms with van der Waals surface area (Å²) in [7, 11) is 5.60. The maximum absolute atomic E-state index is 13.9. The molecule has 0 saturated carbocycles. The highest BCUT2D eigenvalue weighted by Gasteiger charge is 2.19. The molecule has 4 aromatic carbocycles. The molecule has 202 valence electrons. The van der Waals surface area contributed by atoms with Crippen LogP contribution in [0.1, 0.15) is 24.5 Å². The van der Waals surface area contributed by atoms with Gasteiger partial charge in [0.05, 0.1) is 5.57 Å². The van der Waals surface area contributed by atoms with Gasteiger partial charge in [0.15, 0.2) is 6.79 Å². The number of anilines is 1. The molecule has 0 spiro atoms. The van der Waals surface area contributed by atoms with Gasteiger partial charge < -0.3 is 24.4 Å². The second kappa shape index (κ2) is 13.6. The average Bonchev–Trinajstić information content (AvgIpc) is 2.95. The predicted octanol–water partition coefficient (Wildman–Crippen LogP) is 6.72. The van der Waals surface area contributed by atoms with Crippen LogP contribution in [0.25, 0.3) is 21.9 Å². The number of hydrogen-bond acceptors (Lipinski definition) is 5. The Hall–Kier alpha value is -4.13. The fourth-order valence-corrected chi connectivity index (χ4v) is 4.36. The van der Waals surface area contributed by atoms with E-state index < -0.39 is 0 Å². The Kier molecular flexibility index (Phi) is 9.73. The molecule has 0 bridgehead atoms. The van der Waals surface area contributed by atoms with Crippen LogP contribution in [0.15, 0.2) is 91.0 Å². The number of rotatable bonds is 12. The first-order valence-electron chi connectivity index (χ1n) is 13.1. The highest BCUT2D eigenvalue weighted by atomic mass is 16.7. The summed E-state index contributed by atoms with van der Waals surface area (Å²) in [5.74, 6) is 1.27. The zero-order valence-corrected chi connectivity index (χ0v) is 23.1. The second-order valence-electron chi connectivity index (χ2n) is 9.47. The molecule has 6 heteroatoms. The van der Waals surface area contributed by atoms with Gasteiger partial charge in [0.1, 0.15) is 18.1 Å². The molecular weight excluding hydrogens is 488 g/mol. The Morgan fingerprint density at radius 3 is 2.10 bits per heavy atom. The summed E-state index contributed by atoms with van der Waals surface area (Å²) >= 11 is 0. The molecule has 0 saturated heterocycles. The van der Waals surface area contributed by atoms with Crippen molar-refractivity contribution in [1.82, 2.24) is 4.90 Å². The number of fused-ring (bicyclic) bond motifs is 1. The molecule has 0 heterocycles. The van der Waals surface area contributed by atoms with Crippen LogP contribution in [-0.2, 0) is 9.53 Å². The third kappa shape index (κ3) is 7.47. The lowest BCUT2D eigenvalue weighted by atomic mass is 9.91. The highest BCUT2D eigenvalue weighted by molar-refractivity contribution is 6.31. The summed E-state index contributed by atoms with van der Waals surface area (Å²) in [6.45, 7) is 3.67. The second-order valence-corrected chi connectivity index (χ2v) is 9.47. The number of nitrogens with one attached hydrogen (secondary N) is 1. The molecule has 0 aliphatic carbocycles. The van der Waals surface area contributed by atoms with Crippen molar-refractivity contribution in [2.45, 2.75) is 13.3 Å². The van der Waals surface area contributed by atoms with Gasteiger partial charge in [-0.15, -0.1) is 0 Å². The molecule has 0 unspecified atom stereocenters. The van der Waals surface area contributed by atoms with E-state index in [4.69, 9.17) is 14.2 Å². The molecule has 39 heavy (non-hydrogen) atoms. The quantitative estimate of drug-likeness (QED) is 0.127. The Bertz CT molecular complexity index is 1410. The minimum absolute atomic E-state index is 0.161. The minimum Gasteiger partial charge on any atom is -0.492 e. The lowest BCUT2D eigenvalue weighted by molar-refractivity contribution is -0.111. The molecule has 1 N–H and O–H groups in total. The Balaban J connectivity index is 1.67. The molecular formula is C33H36N2O4. The normalized spacial score (nSPS) is 11.8. The van der Waals surface area contributed by atoms with Gasteiger partial charge in [-0.2, -0.15) is 0 Å². The van der Waals surface area contributed by atoms with Crippen LogP contribution >= 0.6 is 0 Å². The van der Waals surface area contributed by atoms with Gasteiger partial charge in [-0.05, 0) is 90.5 Å². The molecule has 1 amide bonds. The van der Waals surface area contributed by atoms with Crippen molar-refractivity contribution >= 4 is 33.5 Å². The van der Waals surface area contributed by atoms with Crippen molar-refractivity contribution in [2.24, 2.45) is 0 Å². The summed E-state index contributed by atoms with van der Waals surface area (Å²) in [4.78, 5) is 16.0. The zero-order chi connectivity index (χ0) is 27.6. The first kappa shape index (κ1) is 27.9. The van der Waals surface area contributed by atoms with E-state index in [1.807, 2.05) is 74.8 Å². The van der Waals surface area contributed by atoms with Gasteiger partial charge in [-0.1, -0.05) is 55.5 Å². The molecule has 0 aromatic heterocycles. The van der Waals surface area contributed by atoms with Crippen molar-refractivity contribution in [3.63, 3.8) is 0 Å². The van der Waals surface area contributed by atoms with E-state index in [1.165, 1.54) is 0 Å². The molecule has 0 aliphatic rings. The number of nitrogens with zero attached hydrogens (tertiary/aromatic N) is 1. The molecule has 4 aromatic rings. The van der Waals surface area contributed by atoms with Gasteiger partial charge in [0.25, 0.3) is 5.91 Å². The highest BCUT2D eigenvalue weighted by Crippen LogP contribution is 2.33. The van der Waals surface area contributed by atoms with Crippen molar-refractivity contribution in [3.8, 4) is 11.5 Å². The molecule has 0 aliphatic heterocycles. The number of hydrogen-bond donors (Lipinski definition) is 1. The monoisotopic (exact) mass is 524 g/mol. The summed E-state index contributed by atoms with van der Waals surface area (Å²) in [6, 6.07) is 29.6. The van der Waals surface area contributed by atoms with Gasteiger partial charge >= 0.3 is 0 Å². The maximum atomic E-state index is 13.9. The van der Waals surface area contributed by atoms with Gasteiger partial charge in [-0.25, -0.2) is 0 Å². The van der Waals surface area contributed by atoms with Crippen LogP contribution in [0.3, 0.4) is 0 Å². The van der Waals surface area contributed by atoms with E-state index in [1.54, 1.807) is 7.11 Å². The summed E-state index contributed by atoms with van der Waals surface area (Å²) < 4.78 is 16.4. The number of carbonyl (C=O) groups excluding carboxylic acids is 1. The van der Waals surface area contributed by atoms with E-state index in [0.717, 1.165) is 39.8 Å². The number of amides is 1. The fourth-order valence-electron chi connectivity index (χ4n) is 4.36. The number of methoxy groups -OCH3 is 1. The molecule has 6 nitrogen and oxygen atoms in total. The van der Waals surface area contributed by atoms with Gasteiger partial charge in [-0.3, -0.25) is 4.79 Å². The third-order valence-electron chi connectivity index (χ3n) is 6.39. The maximum Gasteiger partial charge on any atom is 0.256 e. The SMILES string of the molecule is CC/C(=C(/C(=O)Nc1ccc(OCCN(C)C)cc1)c1ccc(OCOC)cc1)c1ccc2ccccc2c1. The van der Waals surface area contributed by atoms with Crippen molar-refractivity contribution in [3.05, 3.63) is 102 Å². The van der Waals surface area contributed by atoms with Gasteiger partial charge in [0.2, 0.25) is 0 Å². The summed E-state index contributed by atoms with van der Waals surface area (Å²) in [5, 5.41) is 5.40. The number of benzene rings is 4. The predicted molar refractivity (Wildman–Crippen MR) is 159 cm³/mol. The number of allylic oxidation sites excluding steroid dienone is 1. The smallest absolute Gasteiger partial charge is 0.256 e. The van der Waals surface area contributed by atoms with E-state index in [-0.39, 0.29) is 12.7 Å². The van der Waals surface area contributed by atoms with Crippen LogP contribution in [0.2, 0.25) is 0 Å². The number of ether oxygens (including phenoxy) is 3. The fraction of sp³-hybridized carbons (Fsp3) is 0.242. The van der Waals surface area contributed by atoms with Crippen molar-refractivity contribution in [2.75, 3.05) is 46.5 Å². The largest absolute Gasteiger partial charge is 0.492 e. The first-order chi connectivity index (χ1) is 19.0. The zero-order valence-electron chi connectivity index (χ0n) is 23.1. The Labute approximate surface area is 230 Å². The van der Waals surface area contributed by atoms with Crippen LogP contribution in [-0.4, -0.2) is 52.0 Å².